The molecule has 2 rings (SSSR count). The summed E-state index contributed by atoms with van der Waals surface area (Å²) in [6.07, 6.45) is 2.87. The summed E-state index contributed by atoms with van der Waals surface area (Å²) in [4.78, 5) is 0. The minimum atomic E-state index is -0.893. The van der Waals surface area contributed by atoms with Crippen molar-refractivity contribution in [3.63, 3.8) is 0 Å². The smallest absolute Gasteiger partial charge is 0.149 e. The van der Waals surface area contributed by atoms with E-state index in [1.807, 2.05) is 6.07 Å². The average molecular weight is 289 g/mol. The van der Waals surface area contributed by atoms with E-state index in [0.29, 0.717) is 31.1 Å². The van der Waals surface area contributed by atoms with Crippen molar-refractivity contribution >= 4 is 15.9 Å². The molecule has 16 heavy (non-hydrogen) atoms. The van der Waals surface area contributed by atoms with Gasteiger partial charge < -0.3 is 14.3 Å². The molecule has 1 aliphatic rings. The van der Waals surface area contributed by atoms with Crippen molar-refractivity contribution in [2.75, 3.05) is 6.61 Å². The topological polar surface area (TPSA) is 42.6 Å². The van der Waals surface area contributed by atoms with E-state index in [1.54, 1.807) is 6.26 Å². The summed E-state index contributed by atoms with van der Waals surface area (Å²) >= 11 is 3.40. The highest BCUT2D eigenvalue weighted by Crippen LogP contribution is 2.40. The van der Waals surface area contributed by atoms with Gasteiger partial charge in [-0.25, -0.2) is 0 Å². The van der Waals surface area contributed by atoms with Crippen LogP contribution in [0.15, 0.2) is 21.2 Å². The zero-order valence-electron chi connectivity index (χ0n) is 9.57. The van der Waals surface area contributed by atoms with Crippen molar-refractivity contribution < 1.29 is 14.3 Å². The lowest BCUT2D eigenvalue weighted by Crippen LogP contribution is -2.40. The van der Waals surface area contributed by atoms with Gasteiger partial charge in [0.15, 0.2) is 0 Å². The van der Waals surface area contributed by atoms with Crippen LogP contribution in [0, 0.1) is 5.92 Å². The van der Waals surface area contributed by atoms with Gasteiger partial charge in [-0.15, -0.1) is 0 Å². The molecule has 0 spiro atoms. The third-order valence-corrected chi connectivity index (χ3v) is 3.79. The van der Waals surface area contributed by atoms with Gasteiger partial charge in [-0.2, -0.15) is 0 Å². The predicted molar refractivity (Wildman–Crippen MR) is 64.1 cm³/mol. The molecule has 3 nitrogen and oxygen atoms in total. The van der Waals surface area contributed by atoms with Crippen LogP contribution in [0.1, 0.15) is 32.4 Å². The monoisotopic (exact) mass is 288 g/mol. The van der Waals surface area contributed by atoms with Crippen molar-refractivity contribution in [2.24, 2.45) is 5.92 Å². The summed E-state index contributed by atoms with van der Waals surface area (Å²) in [5.41, 5.74) is -0.893. The van der Waals surface area contributed by atoms with Crippen molar-refractivity contribution in [2.45, 2.75) is 38.4 Å². The zero-order valence-corrected chi connectivity index (χ0v) is 11.2. The number of halogens is 1. The van der Waals surface area contributed by atoms with Crippen LogP contribution in [0.25, 0.3) is 0 Å². The van der Waals surface area contributed by atoms with Crippen molar-refractivity contribution in [1.29, 1.82) is 0 Å². The second-order valence-corrected chi connectivity index (χ2v) is 5.59. The Morgan fingerprint density at radius 2 is 2.31 bits per heavy atom. The number of aliphatic hydroxyl groups is 1. The Labute approximate surface area is 104 Å². The molecule has 0 amide bonds. The maximum absolute atomic E-state index is 10.6. The van der Waals surface area contributed by atoms with E-state index < -0.39 is 5.60 Å². The van der Waals surface area contributed by atoms with E-state index in [4.69, 9.17) is 9.15 Å². The van der Waals surface area contributed by atoms with E-state index in [-0.39, 0.29) is 6.10 Å². The van der Waals surface area contributed by atoms with E-state index in [2.05, 4.69) is 29.8 Å². The molecule has 2 heterocycles. The molecule has 0 radical (unpaired) electrons. The van der Waals surface area contributed by atoms with Gasteiger partial charge in [-0.05, 0) is 27.9 Å². The second-order valence-electron chi connectivity index (χ2n) is 4.74. The first kappa shape index (κ1) is 12.1. The molecule has 0 aliphatic carbocycles. The highest BCUT2D eigenvalue weighted by Gasteiger charge is 2.41. The van der Waals surface area contributed by atoms with Gasteiger partial charge in [-0.1, -0.05) is 13.8 Å². The Hall–Kier alpha value is -0.320. The molecule has 2 atom stereocenters. The molecular weight excluding hydrogens is 272 g/mol. The van der Waals surface area contributed by atoms with Gasteiger partial charge >= 0.3 is 0 Å². The maximum Gasteiger partial charge on any atom is 0.149 e. The average Bonchev–Trinajstić information content (AvgIpc) is 2.65. The molecule has 1 fully saturated rings. The lowest BCUT2D eigenvalue weighted by atomic mass is 9.84. The van der Waals surface area contributed by atoms with Gasteiger partial charge in [0.1, 0.15) is 11.4 Å². The molecule has 1 N–H and O–H groups in total. The molecule has 0 saturated carbocycles. The Morgan fingerprint density at radius 1 is 1.56 bits per heavy atom. The molecule has 1 aromatic heterocycles. The van der Waals surface area contributed by atoms with Gasteiger partial charge in [0.05, 0.1) is 23.4 Å². The third-order valence-electron chi connectivity index (χ3n) is 3.17. The number of hydrogen-bond acceptors (Lipinski definition) is 3. The highest BCUT2D eigenvalue weighted by molar-refractivity contribution is 9.10. The van der Waals surface area contributed by atoms with Crippen molar-refractivity contribution in [3.8, 4) is 0 Å². The summed E-state index contributed by atoms with van der Waals surface area (Å²) in [6, 6.07) is 1.81. The fraction of sp³-hybridized carbons (Fsp3) is 0.667. The van der Waals surface area contributed by atoms with Gasteiger partial charge in [0.25, 0.3) is 0 Å². The molecule has 0 aromatic carbocycles. The molecule has 1 aromatic rings. The second kappa shape index (κ2) is 4.51. The minimum Gasteiger partial charge on any atom is -0.465 e. The number of ether oxygens (including phenoxy) is 1. The van der Waals surface area contributed by atoms with Gasteiger partial charge in [0.2, 0.25) is 0 Å². The van der Waals surface area contributed by atoms with E-state index in [9.17, 15) is 5.11 Å². The van der Waals surface area contributed by atoms with Crippen LogP contribution in [0.4, 0.5) is 0 Å². The largest absolute Gasteiger partial charge is 0.465 e. The molecule has 1 saturated heterocycles. The molecular formula is C12H17BrO3. The molecule has 0 bridgehead atoms. The van der Waals surface area contributed by atoms with Crippen molar-refractivity contribution in [1.82, 2.24) is 0 Å². The first-order valence-electron chi connectivity index (χ1n) is 5.60. The summed E-state index contributed by atoms with van der Waals surface area (Å²) in [5.74, 6) is 1.03. The number of rotatable bonds is 2. The molecule has 1 aliphatic heterocycles. The Kier molecular flexibility index (Phi) is 3.42. The van der Waals surface area contributed by atoms with Crippen LogP contribution in [0.2, 0.25) is 0 Å². The van der Waals surface area contributed by atoms with E-state index in [1.165, 1.54) is 0 Å². The summed E-state index contributed by atoms with van der Waals surface area (Å²) < 4.78 is 11.9. The normalized spacial score (nSPS) is 30.9. The van der Waals surface area contributed by atoms with Crippen LogP contribution in [0.5, 0.6) is 0 Å². The van der Waals surface area contributed by atoms with E-state index >= 15 is 0 Å². The SMILES string of the molecule is CC(C)C1CC(O)(c2occc2Br)CCO1. The first-order chi connectivity index (χ1) is 7.53. The van der Waals surface area contributed by atoms with Crippen molar-refractivity contribution in [3.05, 3.63) is 22.6 Å². The van der Waals surface area contributed by atoms with E-state index in [0.717, 1.165) is 4.47 Å². The minimum absolute atomic E-state index is 0.0933. The molecule has 2 unspecified atom stereocenters. The standard InChI is InChI=1S/C12H17BrO3/c1-8(2)10-7-12(14,4-6-15-10)11-9(13)3-5-16-11/h3,5,8,10,14H,4,6-7H2,1-2H3. The summed E-state index contributed by atoms with van der Waals surface area (Å²) in [7, 11) is 0. The maximum atomic E-state index is 10.6. The Bertz CT molecular complexity index is 361. The Morgan fingerprint density at radius 3 is 2.88 bits per heavy atom. The fourth-order valence-corrected chi connectivity index (χ4v) is 2.70. The predicted octanol–water partition coefficient (Wildman–Crippen LogP) is 3.06. The van der Waals surface area contributed by atoms with Crippen LogP contribution in [-0.4, -0.2) is 17.8 Å². The summed E-state index contributed by atoms with van der Waals surface area (Å²) in [5, 5.41) is 10.6. The van der Waals surface area contributed by atoms with Gasteiger partial charge in [-0.3, -0.25) is 0 Å². The highest BCUT2D eigenvalue weighted by atomic mass is 79.9. The lowest BCUT2D eigenvalue weighted by Gasteiger charge is -2.37. The first-order valence-corrected chi connectivity index (χ1v) is 6.40. The molecule has 4 heteroatoms. The molecule has 90 valence electrons. The third kappa shape index (κ3) is 2.19. The van der Waals surface area contributed by atoms with Gasteiger partial charge in [0, 0.05) is 12.8 Å². The zero-order chi connectivity index (χ0) is 11.8. The summed E-state index contributed by atoms with van der Waals surface area (Å²) in [6.45, 7) is 4.79. The quantitative estimate of drug-likeness (QED) is 0.910. The fourth-order valence-electron chi connectivity index (χ4n) is 2.13. The number of furan rings is 1. The number of hydrogen-bond donors (Lipinski definition) is 1. The van der Waals surface area contributed by atoms with Crippen LogP contribution in [-0.2, 0) is 10.3 Å². The Balaban J connectivity index is 2.22. The lowest BCUT2D eigenvalue weighted by molar-refractivity contribution is -0.130. The van der Waals surface area contributed by atoms with Crippen LogP contribution >= 0.6 is 15.9 Å². The van der Waals surface area contributed by atoms with Crippen LogP contribution in [0.3, 0.4) is 0 Å². The van der Waals surface area contributed by atoms with Crippen LogP contribution < -0.4 is 0 Å².